The number of hydrogen-bond acceptors (Lipinski definition) is 7. The van der Waals surface area contributed by atoms with Crippen LogP contribution >= 0.6 is 0 Å². The summed E-state index contributed by atoms with van der Waals surface area (Å²) in [5, 5.41) is 32.3. The lowest BCUT2D eigenvalue weighted by Crippen LogP contribution is -2.58. The third kappa shape index (κ3) is 7.67. The first kappa shape index (κ1) is 27.6. The number of phenolic OH excluding ortho intramolecular Hbond substituents is 1. The van der Waals surface area contributed by atoms with Crippen LogP contribution in [-0.2, 0) is 30.4 Å². The molecule has 1 heterocycles. The van der Waals surface area contributed by atoms with Gasteiger partial charge in [0, 0.05) is 6.54 Å². The second-order valence-corrected chi connectivity index (χ2v) is 8.89. The van der Waals surface area contributed by atoms with Crippen LogP contribution in [0.1, 0.15) is 38.7 Å². The van der Waals surface area contributed by atoms with E-state index >= 15 is 0 Å². The topological polar surface area (TPSA) is 199 Å². The first-order valence-corrected chi connectivity index (χ1v) is 11.3. The lowest BCUT2D eigenvalue weighted by Gasteiger charge is -2.31. The smallest absolute Gasteiger partial charge is 0.326 e. The second kappa shape index (κ2) is 12.2. The molecule has 1 fully saturated rings. The van der Waals surface area contributed by atoms with Gasteiger partial charge in [-0.15, -0.1) is 0 Å². The first-order chi connectivity index (χ1) is 16.4. The highest BCUT2D eigenvalue weighted by molar-refractivity contribution is 5.95. The van der Waals surface area contributed by atoms with Crippen LogP contribution in [0, 0.1) is 5.92 Å². The standard InChI is InChI=1S/C23H32N4O8/c1-12(2)19(26-20(31)15(24)10-13-5-7-14(28)8-6-13)22(33)27-9-3-4-17(27)21(32)25-16(23(34)35)11-18(29)30/h5-8,12,15-17,19,28H,3-4,9-11,24H2,1-2H3,(H,25,32)(H,26,31)(H,29,30)(H,34,35). The number of amides is 3. The van der Waals surface area contributed by atoms with E-state index in [1.54, 1.807) is 26.0 Å². The zero-order valence-corrected chi connectivity index (χ0v) is 19.6. The third-order valence-electron chi connectivity index (χ3n) is 5.79. The summed E-state index contributed by atoms with van der Waals surface area (Å²) in [5.74, 6) is -4.96. The summed E-state index contributed by atoms with van der Waals surface area (Å²) < 4.78 is 0. The molecule has 1 aliphatic heterocycles. The molecule has 0 spiro atoms. The number of carbonyl (C=O) groups is 5. The summed E-state index contributed by atoms with van der Waals surface area (Å²) in [6.45, 7) is 3.69. The van der Waals surface area contributed by atoms with Crippen molar-refractivity contribution in [1.82, 2.24) is 15.5 Å². The molecule has 0 bridgehead atoms. The lowest BCUT2D eigenvalue weighted by molar-refractivity contribution is -0.148. The van der Waals surface area contributed by atoms with Crippen LogP contribution in [0.2, 0.25) is 0 Å². The first-order valence-electron chi connectivity index (χ1n) is 11.3. The van der Waals surface area contributed by atoms with Gasteiger partial charge in [-0.25, -0.2) is 4.79 Å². The van der Waals surface area contributed by atoms with Gasteiger partial charge in [-0.05, 0) is 42.9 Å². The largest absolute Gasteiger partial charge is 0.508 e. The van der Waals surface area contributed by atoms with Crippen LogP contribution in [0.25, 0.3) is 0 Å². The molecular weight excluding hydrogens is 460 g/mol. The fourth-order valence-electron chi connectivity index (χ4n) is 3.88. The third-order valence-corrected chi connectivity index (χ3v) is 5.79. The minimum atomic E-state index is -1.63. The van der Waals surface area contributed by atoms with E-state index in [0.717, 1.165) is 5.56 Å². The average Bonchev–Trinajstić information content (AvgIpc) is 3.27. The molecule has 35 heavy (non-hydrogen) atoms. The molecule has 2 rings (SSSR count). The maximum absolute atomic E-state index is 13.3. The van der Waals surface area contributed by atoms with Crippen LogP contribution in [-0.4, -0.2) is 80.6 Å². The van der Waals surface area contributed by atoms with Crippen LogP contribution in [0.3, 0.4) is 0 Å². The Labute approximate surface area is 202 Å². The van der Waals surface area contributed by atoms with Gasteiger partial charge >= 0.3 is 11.9 Å². The number of nitrogens with two attached hydrogens (primary N) is 1. The van der Waals surface area contributed by atoms with Crippen molar-refractivity contribution in [1.29, 1.82) is 0 Å². The number of rotatable bonds is 11. The number of aliphatic carboxylic acids is 2. The lowest BCUT2D eigenvalue weighted by atomic mass is 10.00. The number of likely N-dealkylation sites (tertiary alicyclic amines) is 1. The van der Waals surface area contributed by atoms with E-state index < -0.39 is 60.2 Å². The maximum atomic E-state index is 13.3. The molecule has 7 N–H and O–H groups in total. The summed E-state index contributed by atoms with van der Waals surface area (Å²) in [5.41, 5.74) is 6.75. The highest BCUT2D eigenvalue weighted by Gasteiger charge is 2.40. The molecule has 4 unspecified atom stereocenters. The zero-order valence-electron chi connectivity index (χ0n) is 19.6. The molecule has 3 amide bonds. The Bertz CT molecular complexity index is 949. The summed E-state index contributed by atoms with van der Waals surface area (Å²) in [6.07, 6.45) is 0.140. The zero-order chi connectivity index (χ0) is 26.3. The molecule has 0 saturated carbocycles. The maximum Gasteiger partial charge on any atom is 0.326 e. The van der Waals surface area contributed by atoms with Gasteiger partial charge in [0.25, 0.3) is 0 Å². The van der Waals surface area contributed by atoms with Crippen molar-refractivity contribution in [2.45, 2.75) is 63.7 Å². The fourth-order valence-corrected chi connectivity index (χ4v) is 3.88. The molecule has 4 atom stereocenters. The summed E-state index contributed by atoms with van der Waals surface area (Å²) in [4.78, 5) is 62.2. The number of nitrogens with one attached hydrogen (secondary N) is 2. The van der Waals surface area contributed by atoms with Crippen molar-refractivity contribution < 1.29 is 39.3 Å². The van der Waals surface area contributed by atoms with E-state index in [1.165, 1.54) is 17.0 Å². The Morgan fingerprint density at radius 1 is 1.09 bits per heavy atom. The number of carboxylic acid groups (broad SMARTS) is 2. The Morgan fingerprint density at radius 2 is 1.71 bits per heavy atom. The van der Waals surface area contributed by atoms with Gasteiger partial charge < -0.3 is 36.6 Å². The van der Waals surface area contributed by atoms with Gasteiger partial charge in [0.1, 0.15) is 23.9 Å². The van der Waals surface area contributed by atoms with Crippen LogP contribution in [0.4, 0.5) is 0 Å². The Kier molecular flexibility index (Phi) is 9.58. The molecule has 1 aromatic carbocycles. The predicted octanol–water partition coefficient (Wildman–Crippen LogP) is -0.562. The van der Waals surface area contributed by atoms with Crippen LogP contribution in [0.5, 0.6) is 5.75 Å². The highest BCUT2D eigenvalue weighted by Crippen LogP contribution is 2.21. The monoisotopic (exact) mass is 492 g/mol. The van der Waals surface area contributed by atoms with E-state index in [9.17, 15) is 34.2 Å². The summed E-state index contributed by atoms with van der Waals surface area (Å²) in [6, 6.07) is 1.67. The fraction of sp³-hybridized carbons (Fsp3) is 0.522. The van der Waals surface area contributed by atoms with Crippen molar-refractivity contribution in [3.8, 4) is 5.75 Å². The number of carbonyl (C=O) groups excluding carboxylic acids is 3. The number of benzene rings is 1. The quantitative estimate of drug-likeness (QED) is 0.234. The SMILES string of the molecule is CC(C)C(NC(=O)C(N)Cc1ccc(O)cc1)C(=O)N1CCCC1C(=O)NC(CC(=O)O)C(=O)O. The van der Waals surface area contributed by atoms with Gasteiger partial charge in [-0.1, -0.05) is 26.0 Å². The molecule has 12 heteroatoms. The van der Waals surface area contributed by atoms with Crippen molar-refractivity contribution >= 4 is 29.7 Å². The molecule has 12 nitrogen and oxygen atoms in total. The number of nitrogens with zero attached hydrogens (tertiary/aromatic N) is 1. The van der Waals surface area contributed by atoms with Crippen molar-refractivity contribution in [3.63, 3.8) is 0 Å². The van der Waals surface area contributed by atoms with Crippen molar-refractivity contribution in [3.05, 3.63) is 29.8 Å². The van der Waals surface area contributed by atoms with Gasteiger partial charge in [0.2, 0.25) is 17.7 Å². The Hall–Kier alpha value is -3.67. The predicted molar refractivity (Wildman–Crippen MR) is 123 cm³/mol. The highest BCUT2D eigenvalue weighted by atomic mass is 16.4. The Balaban J connectivity index is 2.08. The molecule has 192 valence electrons. The molecule has 0 aromatic heterocycles. The summed E-state index contributed by atoms with van der Waals surface area (Å²) in [7, 11) is 0. The van der Waals surface area contributed by atoms with E-state index in [2.05, 4.69) is 10.6 Å². The molecule has 1 saturated heterocycles. The average molecular weight is 493 g/mol. The van der Waals surface area contributed by atoms with Gasteiger partial charge in [0.05, 0.1) is 12.5 Å². The summed E-state index contributed by atoms with van der Waals surface area (Å²) >= 11 is 0. The van der Waals surface area contributed by atoms with E-state index in [1.807, 2.05) is 0 Å². The molecule has 1 aliphatic rings. The van der Waals surface area contributed by atoms with Crippen molar-refractivity contribution in [2.24, 2.45) is 11.7 Å². The minimum absolute atomic E-state index is 0.0825. The van der Waals surface area contributed by atoms with E-state index in [0.29, 0.717) is 6.42 Å². The van der Waals surface area contributed by atoms with Crippen LogP contribution < -0.4 is 16.4 Å². The van der Waals surface area contributed by atoms with Crippen LogP contribution in [0.15, 0.2) is 24.3 Å². The normalized spacial score (nSPS) is 17.9. The van der Waals surface area contributed by atoms with Gasteiger partial charge in [-0.3, -0.25) is 19.2 Å². The van der Waals surface area contributed by atoms with Gasteiger partial charge in [-0.2, -0.15) is 0 Å². The van der Waals surface area contributed by atoms with Crippen molar-refractivity contribution in [2.75, 3.05) is 6.54 Å². The molecule has 1 aromatic rings. The number of carboxylic acids is 2. The number of hydrogen-bond donors (Lipinski definition) is 6. The number of phenols is 1. The van der Waals surface area contributed by atoms with E-state index in [4.69, 9.17) is 10.8 Å². The van der Waals surface area contributed by atoms with Gasteiger partial charge in [0.15, 0.2) is 0 Å². The van der Waals surface area contributed by atoms with E-state index in [-0.39, 0.29) is 31.1 Å². The second-order valence-electron chi connectivity index (χ2n) is 8.89. The Morgan fingerprint density at radius 3 is 2.26 bits per heavy atom. The molecule has 0 aliphatic carbocycles. The molecular formula is C23H32N4O8. The number of aromatic hydroxyl groups is 1. The minimum Gasteiger partial charge on any atom is -0.508 e. The molecule has 0 radical (unpaired) electrons.